The second kappa shape index (κ2) is 6.44. The van der Waals surface area contributed by atoms with Crippen LogP contribution >= 0.6 is 55.1 Å². The van der Waals surface area contributed by atoms with Gasteiger partial charge >= 0.3 is 0 Å². The summed E-state index contributed by atoms with van der Waals surface area (Å²) in [6.45, 7) is 0.512. The highest BCUT2D eigenvalue weighted by atomic mass is 79.9. The van der Waals surface area contributed by atoms with Gasteiger partial charge in [-0.15, -0.1) is 0 Å². The van der Waals surface area contributed by atoms with Gasteiger partial charge in [-0.2, -0.15) is 0 Å². The molecule has 0 heterocycles. The molecule has 1 N–H and O–H groups in total. The highest BCUT2D eigenvalue weighted by Gasteiger charge is 2.09. The fraction of sp³-hybridized carbons (Fsp3) is 0.0769. The predicted octanol–water partition coefficient (Wildman–Crippen LogP) is 6.27. The Labute approximate surface area is 137 Å². The molecule has 0 atom stereocenters. The Balaban J connectivity index is 2.17. The summed E-state index contributed by atoms with van der Waals surface area (Å²) in [6.07, 6.45) is 0. The highest BCUT2D eigenvalue weighted by Crippen LogP contribution is 2.36. The van der Waals surface area contributed by atoms with Gasteiger partial charge in [0.05, 0.1) is 15.7 Å². The van der Waals surface area contributed by atoms with E-state index in [1.165, 1.54) is 12.1 Å². The van der Waals surface area contributed by atoms with Gasteiger partial charge < -0.3 is 5.32 Å². The average molecular weight is 428 g/mol. The zero-order chi connectivity index (χ0) is 14.0. The standard InChI is InChI=1S/C13H8Br2Cl2FN/c14-9-3-4-11(13(17)12(9)16)19-6-7-1-2-8(18)5-10(7)15/h1-5,19H,6H2. The van der Waals surface area contributed by atoms with E-state index in [-0.39, 0.29) is 5.82 Å². The van der Waals surface area contributed by atoms with Gasteiger partial charge in [-0.25, -0.2) is 4.39 Å². The Hall–Kier alpha value is -0.290. The van der Waals surface area contributed by atoms with Crippen molar-refractivity contribution in [2.45, 2.75) is 6.54 Å². The van der Waals surface area contributed by atoms with Crippen LogP contribution in [-0.2, 0) is 6.54 Å². The molecule has 0 radical (unpaired) electrons. The van der Waals surface area contributed by atoms with Crippen molar-refractivity contribution in [3.63, 3.8) is 0 Å². The normalized spacial score (nSPS) is 10.6. The van der Waals surface area contributed by atoms with Gasteiger partial charge in [-0.05, 0) is 45.8 Å². The minimum Gasteiger partial charge on any atom is -0.380 e. The lowest BCUT2D eigenvalue weighted by molar-refractivity contribution is 0.626. The zero-order valence-corrected chi connectivity index (χ0v) is 14.2. The molecule has 6 heteroatoms. The molecule has 0 saturated heterocycles. The third-order valence-corrected chi connectivity index (χ3v) is 5.03. The minimum absolute atomic E-state index is 0.277. The van der Waals surface area contributed by atoms with Crippen molar-refractivity contribution in [2.75, 3.05) is 5.32 Å². The van der Waals surface area contributed by atoms with E-state index in [4.69, 9.17) is 23.2 Å². The summed E-state index contributed by atoms with van der Waals surface area (Å²) < 4.78 is 14.4. The van der Waals surface area contributed by atoms with Gasteiger partial charge in [0.25, 0.3) is 0 Å². The molecular weight excluding hydrogens is 420 g/mol. The van der Waals surface area contributed by atoms with Crippen LogP contribution in [0.1, 0.15) is 5.56 Å². The van der Waals surface area contributed by atoms with Crippen LogP contribution in [0, 0.1) is 5.82 Å². The molecule has 19 heavy (non-hydrogen) atoms. The number of hydrogen-bond donors (Lipinski definition) is 1. The molecule has 0 unspecified atom stereocenters. The van der Waals surface area contributed by atoms with E-state index in [0.717, 1.165) is 15.7 Å². The van der Waals surface area contributed by atoms with Crippen molar-refractivity contribution in [1.29, 1.82) is 0 Å². The van der Waals surface area contributed by atoms with Crippen LogP contribution in [0.5, 0.6) is 0 Å². The van der Waals surface area contributed by atoms with Gasteiger partial charge in [0.2, 0.25) is 0 Å². The maximum atomic E-state index is 13.0. The Morgan fingerprint density at radius 2 is 1.74 bits per heavy atom. The second-order valence-corrected chi connectivity index (χ2v) is 6.28. The van der Waals surface area contributed by atoms with Crippen LogP contribution < -0.4 is 5.32 Å². The second-order valence-electron chi connectivity index (χ2n) is 3.81. The molecule has 0 saturated carbocycles. The summed E-state index contributed by atoms with van der Waals surface area (Å²) in [4.78, 5) is 0. The van der Waals surface area contributed by atoms with E-state index in [0.29, 0.717) is 21.1 Å². The van der Waals surface area contributed by atoms with Crippen molar-refractivity contribution in [3.05, 3.63) is 60.7 Å². The minimum atomic E-state index is -0.277. The van der Waals surface area contributed by atoms with Gasteiger partial charge in [0.1, 0.15) is 5.82 Å². The van der Waals surface area contributed by atoms with Crippen LogP contribution in [0.4, 0.5) is 10.1 Å². The van der Waals surface area contributed by atoms with Crippen LogP contribution in [0.2, 0.25) is 10.0 Å². The first-order chi connectivity index (χ1) is 8.99. The maximum absolute atomic E-state index is 13.0. The van der Waals surface area contributed by atoms with Crippen molar-refractivity contribution < 1.29 is 4.39 Å². The van der Waals surface area contributed by atoms with Crippen molar-refractivity contribution in [3.8, 4) is 0 Å². The fourth-order valence-electron chi connectivity index (χ4n) is 1.52. The molecule has 2 aromatic carbocycles. The molecule has 0 amide bonds. The fourth-order valence-corrected chi connectivity index (χ4v) is 2.85. The number of anilines is 1. The first-order valence-electron chi connectivity index (χ1n) is 5.30. The Morgan fingerprint density at radius 3 is 2.42 bits per heavy atom. The first-order valence-corrected chi connectivity index (χ1v) is 7.64. The van der Waals surface area contributed by atoms with Crippen LogP contribution in [0.25, 0.3) is 0 Å². The number of hydrogen-bond acceptors (Lipinski definition) is 1. The summed E-state index contributed by atoms with van der Waals surface area (Å²) >= 11 is 18.8. The van der Waals surface area contributed by atoms with E-state index in [1.54, 1.807) is 6.07 Å². The average Bonchev–Trinajstić information content (AvgIpc) is 2.37. The van der Waals surface area contributed by atoms with E-state index >= 15 is 0 Å². The number of nitrogens with one attached hydrogen (secondary N) is 1. The number of rotatable bonds is 3. The van der Waals surface area contributed by atoms with Crippen LogP contribution in [0.15, 0.2) is 39.3 Å². The highest BCUT2D eigenvalue weighted by molar-refractivity contribution is 9.10. The lowest BCUT2D eigenvalue weighted by Gasteiger charge is -2.11. The quantitative estimate of drug-likeness (QED) is 0.569. The third-order valence-electron chi connectivity index (χ3n) is 2.52. The first kappa shape index (κ1) is 15.1. The predicted molar refractivity (Wildman–Crippen MR) is 85.6 cm³/mol. The molecule has 0 aliphatic carbocycles. The monoisotopic (exact) mass is 425 g/mol. The van der Waals surface area contributed by atoms with Crippen molar-refractivity contribution >= 4 is 60.7 Å². The van der Waals surface area contributed by atoms with E-state index < -0.39 is 0 Å². The Bertz CT molecular complexity index is 620. The molecule has 0 aliphatic heterocycles. The Morgan fingerprint density at radius 1 is 1.00 bits per heavy atom. The summed E-state index contributed by atoms with van der Waals surface area (Å²) in [5.41, 5.74) is 1.66. The van der Waals surface area contributed by atoms with Gasteiger partial charge in [-0.3, -0.25) is 0 Å². The third kappa shape index (κ3) is 3.63. The number of halogens is 5. The summed E-state index contributed by atoms with van der Waals surface area (Å²) in [5.74, 6) is -0.277. The molecule has 100 valence electrons. The van der Waals surface area contributed by atoms with Crippen molar-refractivity contribution in [1.82, 2.24) is 0 Å². The zero-order valence-electron chi connectivity index (χ0n) is 9.48. The molecular formula is C13H8Br2Cl2FN. The molecule has 0 spiro atoms. The molecule has 1 nitrogen and oxygen atoms in total. The summed E-state index contributed by atoms with van der Waals surface area (Å²) in [7, 11) is 0. The lowest BCUT2D eigenvalue weighted by Crippen LogP contribution is -2.01. The molecule has 2 rings (SSSR count). The topological polar surface area (TPSA) is 12.0 Å². The lowest BCUT2D eigenvalue weighted by atomic mass is 10.2. The maximum Gasteiger partial charge on any atom is 0.124 e. The van der Waals surface area contributed by atoms with Gasteiger partial charge in [0.15, 0.2) is 0 Å². The molecule has 0 bridgehead atoms. The summed E-state index contributed by atoms with van der Waals surface area (Å²) in [6, 6.07) is 8.19. The van der Waals surface area contributed by atoms with Crippen LogP contribution in [0.3, 0.4) is 0 Å². The smallest absolute Gasteiger partial charge is 0.124 e. The van der Waals surface area contributed by atoms with Crippen LogP contribution in [-0.4, -0.2) is 0 Å². The molecule has 0 aliphatic rings. The largest absolute Gasteiger partial charge is 0.380 e. The van der Waals surface area contributed by atoms with E-state index in [9.17, 15) is 4.39 Å². The summed E-state index contributed by atoms with van der Waals surface area (Å²) in [5, 5.41) is 4.08. The molecule has 2 aromatic rings. The Kier molecular flexibility index (Phi) is 5.12. The molecule has 0 fully saturated rings. The number of benzene rings is 2. The van der Waals surface area contributed by atoms with Crippen molar-refractivity contribution in [2.24, 2.45) is 0 Å². The van der Waals surface area contributed by atoms with Gasteiger partial charge in [-0.1, -0.05) is 45.2 Å². The molecule has 0 aromatic heterocycles. The van der Waals surface area contributed by atoms with Gasteiger partial charge in [0, 0.05) is 15.5 Å². The van der Waals surface area contributed by atoms with E-state index in [2.05, 4.69) is 37.2 Å². The SMILES string of the molecule is Fc1ccc(CNc2ccc(Br)c(Cl)c2Cl)c(Br)c1. The van der Waals surface area contributed by atoms with E-state index in [1.807, 2.05) is 12.1 Å².